The first-order chi connectivity index (χ1) is 14.6. The van der Waals surface area contributed by atoms with Gasteiger partial charge in [0, 0.05) is 10.9 Å². The number of ether oxygens (including phenoxy) is 1. The van der Waals surface area contributed by atoms with Crippen molar-refractivity contribution in [2.24, 2.45) is 5.92 Å². The highest BCUT2D eigenvalue weighted by Crippen LogP contribution is 2.49. The van der Waals surface area contributed by atoms with Crippen LogP contribution in [0, 0.1) is 12.8 Å². The quantitative estimate of drug-likeness (QED) is 0.595. The molecule has 2 aromatic carbocycles. The number of imide groups is 1. The largest absolute Gasteiger partial charge is 0.497 e. The van der Waals surface area contributed by atoms with Crippen LogP contribution in [0.15, 0.2) is 66.0 Å². The summed E-state index contributed by atoms with van der Waals surface area (Å²) in [6, 6.07) is 18.4. The van der Waals surface area contributed by atoms with Gasteiger partial charge in [0.25, 0.3) is 5.91 Å². The number of fused-ring (bicyclic) bond motifs is 1. The van der Waals surface area contributed by atoms with E-state index in [0.29, 0.717) is 11.4 Å². The molecule has 2 amide bonds. The molecule has 3 atom stereocenters. The molecule has 152 valence electrons. The Bertz CT molecular complexity index is 1110. The topological polar surface area (TPSA) is 59.1 Å². The highest BCUT2D eigenvalue weighted by molar-refractivity contribution is 7.10. The van der Waals surface area contributed by atoms with E-state index in [9.17, 15) is 9.59 Å². The van der Waals surface area contributed by atoms with E-state index >= 15 is 0 Å². The van der Waals surface area contributed by atoms with Crippen LogP contribution in [0.5, 0.6) is 5.75 Å². The molecular formula is C23H20N2O4S. The number of rotatable bonds is 4. The molecule has 0 bridgehead atoms. The lowest BCUT2D eigenvalue weighted by Gasteiger charge is -2.29. The highest BCUT2D eigenvalue weighted by atomic mass is 32.1. The molecule has 2 aliphatic heterocycles. The van der Waals surface area contributed by atoms with Gasteiger partial charge >= 0.3 is 0 Å². The van der Waals surface area contributed by atoms with E-state index in [2.05, 4.69) is 0 Å². The predicted molar refractivity (Wildman–Crippen MR) is 115 cm³/mol. The second kappa shape index (κ2) is 7.27. The van der Waals surface area contributed by atoms with Crippen LogP contribution in [0.3, 0.4) is 0 Å². The molecule has 0 N–H and O–H groups in total. The number of hydrogen-bond donors (Lipinski definition) is 0. The molecule has 3 aromatic rings. The minimum absolute atomic E-state index is 0.257. The van der Waals surface area contributed by atoms with Gasteiger partial charge in [-0.2, -0.15) is 0 Å². The molecule has 7 heteroatoms. The highest BCUT2D eigenvalue weighted by Gasteiger charge is 2.60. The van der Waals surface area contributed by atoms with Gasteiger partial charge < -0.3 is 4.74 Å². The first kappa shape index (κ1) is 18.8. The maximum absolute atomic E-state index is 13.5. The summed E-state index contributed by atoms with van der Waals surface area (Å²) in [5.74, 6) is -0.645. The number of nitrogens with zero attached hydrogens (tertiary/aromatic N) is 2. The Morgan fingerprint density at radius 3 is 2.57 bits per heavy atom. The molecule has 2 saturated heterocycles. The number of para-hydroxylation sites is 1. The fraction of sp³-hybridized carbons (Fsp3) is 0.217. The van der Waals surface area contributed by atoms with Crippen molar-refractivity contribution < 1.29 is 19.2 Å². The van der Waals surface area contributed by atoms with Gasteiger partial charge in [-0.3, -0.25) is 14.4 Å². The van der Waals surface area contributed by atoms with E-state index in [4.69, 9.17) is 9.57 Å². The van der Waals surface area contributed by atoms with E-state index in [1.54, 1.807) is 47.8 Å². The van der Waals surface area contributed by atoms with E-state index in [1.165, 1.54) is 4.90 Å². The molecule has 30 heavy (non-hydrogen) atoms. The number of hydroxylamine groups is 1. The summed E-state index contributed by atoms with van der Waals surface area (Å²) in [6.07, 6.45) is -0.865. The van der Waals surface area contributed by atoms with Gasteiger partial charge in [0.15, 0.2) is 6.10 Å². The van der Waals surface area contributed by atoms with E-state index in [-0.39, 0.29) is 17.9 Å². The summed E-state index contributed by atoms with van der Waals surface area (Å²) in [6.45, 7) is 1.99. The first-order valence-corrected chi connectivity index (χ1v) is 10.5. The lowest BCUT2D eigenvalue weighted by atomic mass is 9.95. The van der Waals surface area contributed by atoms with Crippen LogP contribution >= 0.6 is 11.3 Å². The fourth-order valence-electron chi connectivity index (χ4n) is 4.19. The Balaban J connectivity index is 1.57. The number of anilines is 2. The van der Waals surface area contributed by atoms with Crippen LogP contribution in [-0.4, -0.2) is 25.0 Å². The Hall–Kier alpha value is -3.16. The van der Waals surface area contributed by atoms with Gasteiger partial charge in [0.2, 0.25) is 5.91 Å². The van der Waals surface area contributed by atoms with Crippen molar-refractivity contribution in [3.05, 3.63) is 76.5 Å². The van der Waals surface area contributed by atoms with Crippen LogP contribution < -0.4 is 14.7 Å². The molecule has 0 aliphatic carbocycles. The van der Waals surface area contributed by atoms with Gasteiger partial charge in [-0.1, -0.05) is 30.3 Å². The lowest BCUT2D eigenvalue weighted by molar-refractivity contribution is -0.126. The zero-order valence-corrected chi connectivity index (χ0v) is 17.3. The average Bonchev–Trinajstić information content (AvgIpc) is 3.46. The normalized spacial score (nSPS) is 23.2. The Morgan fingerprint density at radius 2 is 1.83 bits per heavy atom. The van der Waals surface area contributed by atoms with Crippen molar-refractivity contribution in [2.75, 3.05) is 17.1 Å². The van der Waals surface area contributed by atoms with Crippen molar-refractivity contribution in [1.82, 2.24) is 0 Å². The summed E-state index contributed by atoms with van der Waals surface area (Å²) in [4.78, 5) is 35.2. The van der Waals surface area contributed by atoms with Gasteiger partial charge in [-0.15, -0.1) is 11.3 Å². The second-order valence-electron chi connectivity index (χ2n) is 7.34. The SMILES string of the molecule is COc1cccc(N2C(=O)[C@H]3[C@@H](ON(c4ccccc4C)[C@H]3c3cccs3)C2=O)c1. The van der Waals surface area contributed by atoms with Gasteiger partial charge in [-0.05, 0) is 42.1 Å². The zero-order chi connectivity index (χ0) is 20.8. The summed E-state index contributed by atoms with van der Waals surface area (Å²) in [5.41, 5.74) is 2.37. The van der Waals surface area contributed by atoms with Crippen molar-refractivity contribution in [2.45, 2.75) is 19.1 Å². The monoisotopic (exact) mass is 420 g/mol. The summed E-state index contributed by atoms with van der Waals surface area (Å²) in [5, 5.41) is 3.72. The van der Waals surface area contributed by atoms with Gasteiger partial charge in [0.05, 0.1) is 18.5 Å². The average molecular weight is 420 g/mol. The molecule has 0 unspecified atom stereocenters. The Labute approximate surface area is 178 Å². The number of hydrogen-bond acceptors (Lipinski definition) is 6. The molecule has 0 spiro atoms. The van der Waals surface area contributed by atoms with Crippen molar-refractivity contribution >= 4 is 34.5 Å². The number of thiophene rings is 1. The number of carbonyl (C=O) groups excluding carboxylic acids is 2. The standard InChI is InChI=1S/C23H20N2O4S/c1-14-7-3-4-10-17(14)25-20(18-11-6-12-30-18)19-21(29-25)23(27)24(22(19)26)15-8-5-9-16(13-15)28-2/h3-13,19-21H,1-2H3/t19-,20+,21-/m1/s1. The lowest BCUT2D eigenvalue weighted by Crippen LogP contribution is -2.37. The van der Waals surface area contributed by atoms with Gasteiger partial charge in [-0.25, -0.2) is 9.96 Å². The van der Waals surface area contributed by atoms with Crippen molar-refractivity contribution in [3.63, 3.8) is 0 Å². The summed E-state index contributed by atoms with van der Waals surface area (Å²) in [7, 11) is 1.55. The van der Waals surface area contributed by atoms with Gasteiger partial charge in [0.1, 0.15) is 17.7 Å². The molecule has 2 aliphatic rings. The molecule has 6 nitrogen and oxygen atoms in total. The second-order valence-corrected chi connectivity index (χ2v) is 8.32. The smallest absolute Gasteiger partial charge is 0.266 e. The molecule has 2 fully saturated rings. The third-order valence-electron chi connectivity index (χ3n) is 5.61. The number of benzene rings is 2. The van der Waals surface area contributed by atoms with E-state index in [1.807, 2.05) is 48.7 Å². The number of carbonyl (C=O) groups is 2. The molecular weight excluding hydrogens is 400 g/mol. The third-order valence-corrected chi connectivity index (χ3v) is 6.56. The maximum Gasteiger partial charge on any atom is 0.266 e. The molecule has 1 aromatic heterocycles. The summed E-state index contributed by atoms with van der Waals surface area (Å²) >= 11 is 1.56. The van der Waals surface area contributed by atoms with Crippen molar-refractivity contribution in [1.29, 1.82) is 0 Å². The van der Waals surface area contributed by atoms with Crippen LogP contribution in [0.1, 0.15) is 16.5 Å². The van der Waals surface area contributed by atoms with Crippen LogP contribution in [-0.2, 0) is 14.4 Å². The van der Waals surface area contributed by atoms with E-state index < -0.39 is 12.0 Å². The molecule has 5 rings (SSSR count). The van der Waals surface area contributed by atoms with Crippen LogP contribution in [0.25, 0.3) is 0 Å². The maximum atomic E-state index is 13.5. The molecule has 0 radical (unpaired) electrons. The Morgan fingerprint density at radius 1 is 1.00 bits per heavy atom. The zero-order valence-electron chi connectivity index (χ0n) is 16.5. The number of amides is 2. The minimum Gasteiger partial charge on any atom is -0.497 e. The molecule has 0 saturated carbocycles. The van der Waals surface area contributed by atoms with Crippen LogP contribution in [0.4, 0.5) is 11.4 Å². The fourth-order valence-corrected chi connectivity index (χ4v) is 5.04. The molecule has 3 heterocycles. The number of methoxy groups -OCH3 is 1. The third kappa shape index (κ3) is 2.81. The van der Waals surface area contributed by atoms with Crippen molar-refractivity contribution in [3.8, 4) is 5.75 Å². The Kier molecular flexibility index (Phi) is 4.56. The summed E-state index contributed by atoms with van der Waals surface area (Å²) < 4.78 is 5.26. The first-order valence-electron chi connectivity index (χ1n) is 9.67. The van der Waals surface area contributed by atoms with Crippen LogP contribution in [0.2, 0.25) is 0 Å². The predicted octanol–water partition coefficient (Wildman–Crippen LogP) is 4.12. The number of aryl methyl sites for hydroxylation is 1. The minimum atomic E-state index is -0.865. The van der Waals surface area contributed by atoms with E-state index in [0.717, 1.165) is 16.1 Å².